The van der Waals surface area contributed by atoms with E-state index in [1.54, 1.807) is 12.1 Å². The average Bonchev–Trinajstić information content (AvgIpc) is 3.16. The minimum Gasteiger partial charge on any atom is -0.492 e. The van der Waals surface area contributed by atoms with Gasteiger partial charge >= 0.3 is 0 Å². The van der Waals surface area contributed by atoms with Gasteiger partial charge in [-0.25, -0.2) is 13.1 Å². The van der Waals surface area contributed by atoms with E-state index in [2.05, 4.69) is 20.2 Å². The first kappa shape index (κ1) is 22.4. The molecule has 0 fully saturated rings. The molecule has 0 bridgehead atoms. The number of rotatable bonds is 8. The number of ether oxygens (including phenoxy) is 1. The first-order valence-electron chi connectivity index (χ1n) is 8.53. The predicted molar refractivity (Wildman–Crippen MR) is 116 cm³/mol. The lowest BCUT2D eigenvalue weighted by Gasteiger charge is -2.07. The topological polar surface area (TPSA) is 110 Å². The number of benzene rings is 2. The number of aryl methyl sites for hydroxylation is 1. The van der Waals surface area contributed by atoms with Gasteiger partial charge in [0.25, 0.3) is 15.9 Å². The number of nitrogens with zero attached hydrogens (tertiary/aromatic N) is 2. The molecule has 8 nitrogen and oxygen atoms in total. The van der Waals surface area contributed by atoms with Crippen LogP contribution in [0.15, 0.2) is 46.8 Å². The molecule has 12 heteroatoms. The van der Waals surface area contributed by atoms with Crippen molar-refractivity contribution in [3.05, 3.63) is 63.6 Å². The monoisotopic (exact) mass is 486 g/mol. The Balaban J connectivity index is 1.55. The quantitative estimate of drug-likeness (QED) is 0.370. The fourth-order valence-electron chi connectivity index (χ4n) is 2.25. The minimum atomic E-state index is -3.89. The molecule has 0 radical (unpaired) electrons. The predicted octanol–water partition coefficient (Wildman–Crippen LogP) is 3.76. The van der Waals surface area contributed by atoms with Crippen LogP contribution in [0.4, 0.5) is 5.13 Å². The second-order valence-electron chi connectivity index (χ2n) is 6.01. The van der Waals surface area contributed by atoms with Crippen molar-refractivity contribution in [2.24, 2.45) is 0 Å². The molecule has 3 aromatic rings. The van der Waals surface area contributed by atoms with Gasteiger partial charge in [0.15, 0.2) is 0 Å². The van der Waals surface area contributed by atoms with Crippen LogP contribution in [-0.2, 0) is 10.0 Å². The lowest BCUT2D eigenvalue weighted by molar-refractivity contribution is 0.102. The molecule has 0 atom stereocenters. The van der Waals surface area contributed by atoms with Gasteiger partial charge in [0, 0.05) is 11.6 Å². The van der Waals surface area contributed by atoms with Crippen LogP contribution in [0.1, 0.15) is 15.9 Å². The molecule has 1 heterocycles. The molecule has 2 N–H and O–H groups in total. The molecule has 2 aromatic carbocycles. The summed E-state index contributed by atoms with van der Waals surface area (Å²) in [5.74, 6) is 0.0813. The normalized spacial score (nSPS) is 11.3. The first-order chi connectivity index (χ1) is 14.2. The van der Waals surface area contributed by atoms with Crippen molar-refractivity contribution in [1.29, 1.82) is 0 Å². The van der Waals surface area contributed by atoms with Crippen LogP contribution in [0.5, 0.6) is 5.75 Å². The van der Waals surface area contributed by atoms with Crippen LogP contribution in [0.25, 0.3) is 0 Å². The molecular weight excluding hydrogens is 471 g/mol. The smallest absolute Gasteiger partial charge is 0.269 e. The zero-order valence-corrected chi connectivity index (χ0v) is 18.7. The van der Waals surface area contributed by atoms with Crippen LogP contribution < -0.4 is 14.8 Å². The Kier molecular flexibility index (Phi) is 7.27. The average molecular weight is 487 g/mol. The van der Waals surface area contributed by atoms with Gasteiger partial charge in [0.2, 0.25) is 9.47 Å². The van der Waals surface area contributed by atoms with Gasteiger partial charge in [-0.3, -0.25) is 10.1 Å². The van der Waals surface area contributed by atoms with E-state index in [9.17, 15) is 13.2 Å². The van der Waals surface area contributed by atoms with Crippen molar-refractivity contribution in [2.45, 2.75) is 11.3 Å². The summed E-state index contributed by atoms with van der Waals surface area (Å²) in [5, 5.41) is 10.4. The van der Waals surface area contributed by atoms with Crippen molar-refractivity contribution in [3.63, 3.8) is 0 Å². The maximum atomic E-state index is 12.3. The van der Waals surface area contributed by atoms with Crippen LogP contribution in [0.2, 0.25) is 10.0 Å². The van der Waals surface area contributed by atoms with Gasteiger partial charge in [-0.15, -0.1) is 10.2 Å². The Morgan fingerprint density at radius 1 is 1.13 bits per heavy atom. The second kappa shape index (κ2) is 9.71. The molecule has 0 aliphatic heterocycles. The van der Waals surface area contributed by atoms with Gasteiger partial charge in [0.05, 0.1) is 10.6 Å². The van der Waals surface area contributed by atoms with E-state index >= 15 is 0 Å². The fourth-order valence-corrected chi connectivity index (χ4v) is 4.69. The Morgan fingerprint density at radius 3 is 2.57 bits per heavy atom. The fraction of sp³-hybridized carbons (Fsp3) is 0.167. The number of anilines is 1. The lowest BCUT2D eigenvalue weighted by Crippen LogP contribution is -2.28. The van der Waals surface area contributed by atoms with Gasteiger partial charge in [-0.1, -0.05) is 52.2 Å². The van der Waals surface area contributed by atoms with Crippen molar-refractivity contribution < 1.29 is 17.9 Å². The number of nitrogens with one attached hydrogen (secondary N) is 2. The molecule has 0 unspecified atom stereocenters. The van der Waals surface area contributed by atoms with Crippen molar-refractivity contribution in [2.75, 3.05) is 18.5 Å². The first-order valence-corrected chi connectivity index (χ1v) is 11.6. The zero-order valence-electron chi connectivity index (χ0n) is 15.6. The zero-order chi connectivity index (χ0) is 21.7. The molecule has 30 heavy (non-hydrogen) atoms. The highest BCUT2D eigenvalue weighted by Crippen LogP contribution is 2.24. The van der Waals surface area contributed by atoms with Gasteiger partial charge in [0.1, 0.15) is 12.4 Å². The van der Waals surface area contributed by atoms with E-state index in [4.69, 9.17) is 27.9 Å². The lowest BCUT2D eigenvalue weighted by atomic mass is 10.2. The molecular formula is C18H16Cl2N4O4S2. The van der Waals surface area contributed by atoms with E-state index in [0.717, 1.165) is 5.56 Å². The Hall–Kier alpha value is -2.24. The van der Waals surface area contributed by atoms with Gasteiger partial charge in [-0.05, 0) is 37.3 Å². The van der Waals surface area contributed by atoms with E-state index in [1.807, 2.05) is 19.1 Å². The van der Waals surface area contributed by atoms with Crippen LogP contribution in [-0.4, -0.2) is 37.7 Å². The maximum Gasteiger partial charge on any atom is 0.269 e. The molecule has 0 saturated carbocycles. The third-order valence-corrected chi connectivity index (χ3v) is 6.93. The highest BCUT2D eigenvalue weighted by atomic mass is 35.5. The summed E-state index contributed by atoms with van der Waals surface area (Å²) in [6, 6.07) is 11.8. The number of amides is 1. The summed E-state index contributed by atoms with van der Waals surface area (Å²) < 4.78 is 32.3. The molecule has 3 rings (SSSR count). The molecule has 1 aromatic heterocycles. The highest BCUT2D eigenvalue weighted by molar-refractivity contribution is 7.91. The van der Waals surface area contributed by atoms with E-state index in [0.29, 0.717) is 22.1 Å². The Bertz CT molecular complexity index is 1150. The summed E-state index contributed by atoms with van der Waals surface area (Å²) in [5.41, 5.74) is 1.27. The molecule has 1 amide bonds. The molecule has 0 spiro atoms. The number of hydrogen-bond donors (Lipinski definition) is 2. The minimum absolute atomic E-state index is 0.0160. The van der Waals surface area contributed by atoms with Crippen LogP contribution >= 0.6 is 34.5 Å². The second-order valence-corrected chi connectivity index (χ2v) is 9.77. The largest absolute Gasteiger partial charge is 0.492 e. The number of sulfonamides is 1. The van der Waals surface area contributed by atoms with Gasteiger partial charge in [-0.2, -0.15) is 0 Å². The number of halogens is 2. The molecule has 0 aliphatic rings. The van der Waals surface area contributed by atoms with Crippen molar-refractivity contribution >= 4 is 55.6 Å². The summed E-state index contributed by atoms with van der Waals surface area (Å²) >= 11 is 12.5. The summed E-state index contributed by atoms with van der Waals surface area (Å²) in [4.78, 5) is 12.3. The Labute approximate surface area is 187 Å². The summed E-state index contributed by atoms with van der Waals surface area (Å²) in [7, 11) is -3.89. The summed E-state index contributed by atoms with van der Waals surface area (Å²) in [6.07, 6.45) is 0. The molecule has 158 valence electrons. The number of carbonyl (C=O) groups excluding carboxylic acids is 1. The van der Waals surface area contributed by atoms with Crippen molar-refractivity contribution in [3.8, 4) is 5.75 Å². The Morgan fingerprint density at radius 2 is 1.87 bits per heavy atom. The van der Waals surface area contributed by atoms with Crippen molar-refractivity contribution in [1.82, 2.24) is 14.9 Å². The molecule has 0 saturated heterocycles. The number of hydrogen-bond acceptors (Lipinski definition) is 7. The SMILES string of the molecule is Cc1ccc(OCCNS(=O)(=O)c2nnc(NC(=O)c3ccc(Cl)cc3Cl)s2)cc1. The van der Waals surface area contributed by atoms with E-state index in [1.165, 1.54) is 18.2 Å². The number of aromatic nitrogens is 2. The third-order valence-electron chi connectivity index (χ3n) is 3.72. The number of carbonyl (C=O) groups is 1. The standard InChI is InChI=1S/C18H16Cl2N4O4S2/c1-11-2-5-13(6-3-11)28-9-8-21-30(26,27)18-24-23-17(29-18)22-16(25)14-7-4-12(19)10-15(14)20/h2-7,10,21H,8-9H2,1H3,(H,22,23,25). The molecule has 0 aliphatic carbocycles. The highest BCUT2D eigenvalue weighted by Gasteiger charge is 2.21. The van der Waals surface area contributed by atoms with Crippen LogP contribution in [0.3, 0.4) is 0 Å². The third kappa shape index (κ3) is 5.89. The van der Waals surface area contributed by atoms with E-state index in [-0.39, 0.29) is 33.2 Å². The van der Waals surface area contributed by atoms with Crippen LogP contribution in [0, 0.1) is 6.92 Å². The maximum absolute atomic E-state index is 12.3. The van der Waals surface area contributed by atoms with E-state index < -0.39 is 15.9 Å². The van der Waals surface area contributed by atoms with Gasteiger partial charge < -0.3 is 4.74 Å². The summed E-state index contributed by atoms with van der Waals surface area (Å²) in [6.45, 7) is 2.14.